The van der Waals surface area contributed by atoms with Crippen LogP contribution in [0.1, 0.15) is 29.9 Å². The third-order valence-corrected chi connectivity index (χ3v) is 4.06. The number of rotatable bonds is 6. The van der Waals surface area contributed by atoms with E-state index >= 15 is 0 Å². The van der Waals surface area contributed by atoms with Crippen molar-refractivity contribution < 1.29 is 18.4 Å². The maximum atomic E-state index is 13.0. The Morgan fingerprint density at radius 3 is 2.00 bits per heavy atom. The van der Waals surface area contributed by atoms with Gasteiger partial charge >= 0.3 is 0 Å². The molecule has 3 aromatic rings. The highest BCUT2D eigenvalue weighted by molar-refractivity contribution is 6.02. The predicted molar refractivity (Wildman–Crippen MR) is 101 cm³/mol. The summed E-state index contributed by atoms with van der Waals surface area (Å²) < 4.78 is 27.3. The van der Waals surface area contributed by atoms with E-state index in [4.69, 9.17) is 0 Å². The average Bonchev–Trinajstić information content (AvgIpc) is 3.16. The van der Waals surface area contributed by atoms with Crippen LogP contribution < -0.4 is 10.6 Å². The van der Waals surface area contributed by atoms with Crippen molar-refractivity contribution in [3.05, 3.63) is 78.1 Å². The Morgan fingerprint density at radius 1 is 0.929 bits per heavy atom. The molecule has 6 nitrogen and oxygen atoms in total. The minimum Gasteiger partial charge on any atom is -0.324 e. The van der Waals surface area contributed by atoms with Crippen molar-refractivity contribution in [2.45, 2.75) is 19.4 Å². The molecule has 2 N–H and O–H groups in total. The average molecular weight is 384 g/mol. The number of halogens is 2. The first kappa shape index (κ1) is 19.2. The number of carbonyl (C=O) groups is 2. The molecule has 28 heavy (non-hydrogen) atoms. The zero-order valence-corrected chi connectivity index (χ0v) is 15.0. The molecule has 0 saturated heterocycles. The molecule has 0 spiro atoms. The molecule has 1 heterocycles. The SMILES string of the molecule is CC[C@@H](C(=O)Nc1ccc(F)cc1)n1ccc(C(=O)Nc2ccc(F)cc2)n1. The van der Waals surface area contributed by atoms with Gasteiger partial charge < -0.3 is 10.6 Å². The van der Waals surface area contributed by atoms with Crippen LogP contribution in [-0.4, -0.2) is 21.6 Å². The molecule has 2 amide bonds. The Labute approximate surface area is 160 Å². The van der Waals surface area contributed by atoms with Gasteiger partial charge in [0.2, 0.25) is 5.91 Å². The first-order valence-electron chi connectivity index (χ1n) is 8.64. The Balaban J connectivity index is 1.69. The number of amides is 2. The zero-order valence-electron chi connectivity index (χ0n) is 15.0. The molecule has 1 aromatic heterocycles. The van der Waals surface area contributed by atoms with E-state index in [9.17, 15) is 18.4 Å². The lowest BCUT2D eigenvalue weighted by Crippen LogP contribution is -2.26. The second kappa shape index (κ2) is 8.43. The van der Waals surface area contributed by atoms with E-state index < -0.39 is 23.6 Å². The minimum atomic E-state index is -0.641. The van der Waals surface area contributed by atoms with Gasteiger partial charge in [-0.2, -0.15) is 5.10 Å². The molecule has 0 aliphatic rings. The highest BCUT2D eigenvalue weighted by atomic mass is 19.1. The van der Waals surface area contributed by atoms with E-state index in [1.165, 1.54) is 65.5 Å². The molecule has 0 bridgehead atoms. The second-order valence-electron chi connectivity index (χ2n) is 6.06. The minimum absolute atomic E-state index is 0.123. The second-order valence-corrected chi connectivity index (χ2v) is 6.06. The predicted octanol–water partition coefficient (Wildman–Crippen LogP) is 4.00. The molecule has 144 valence electrons. The summed E-state index contributed by atoms with van der Waals surface area (Å²) >= 11 is 0. The summed E-state index contributed by atoms with van der Waals surface area (Å²) in [5.74, 6) is -1.60. The number of benzene rings is 2. The smallest absolute Gasteiger partial charge is 0.276 e. The summed E-state index contributed by atoms with van der Waals surface area (Å²) in [4.78, 5) is 24.8. The van der Waals surface area contributed by atoms with Crippen LogP contribution in [0.15, 0.2) is 60.8 Å². The van der Waals surface area contributed by atoms with E-state index in [2.05, 4.69) is 15.7 Å². The van der Waals surface area contributed by atoms with E-state index in [1.807, 2.05) is 6.92 Å². The molecule has 2 aromatic carbocycles. The van der Waals surface area contributed by atoms with Crippen molar-refractivity contribution in [3.8, 4) is 0 Å². The van der Waals surface area contributed by atoms with Gasteiger partial charge in [0.15, 0.2) is 5.69 Å². The fraction of sp³-hybridized carbons (Fsp3) is 0.150. The van der Waals surface area contributed by atoms with Crippen LogP contribution >= 0.6 is 0 Å². The fourth-order valence-corrected chi connectivity index (χ4v) is 2.61. The summed E-state index contributed by atoms with van der Waals surface area (Å²) in [5, 5.41) is 9.49. The molecule has 0 saturated carbocycles. The molecular formula is C20H18F2N4O2. The summed E-state index contributed by atoms with van der Waals surface area (Å²) in [7, 11) is 0. The van der Waals surface area contributed by atoms with Crippen LogP contribution in [0.4, 0.5) is 20.2 Å². The van der Waals surface area contributed by atoms with Crippen molar-refractivity contribution in [1.29, 1.82) is 0 Å². The summed E-state index contributed by atoms with van der Waals surface area (Å²) in [6.07, 6.45) is 1.98. The molecule has 3 rings (SSSR count). The molecule has 8 heteroatoms. The quantitative estimate of drug-likeness (QED) is 0.674. The molecular weight excluding hydrogens is 366 g/mol. The van der Waals surface area contributed by atoms with Gasteiger partial charge in [0.1, 0.15) is 17.7 Å². The molecule has 0 aliphatic carbocycles. The first-order valence-corrected chi connectivity index (χ1v) is 8.64. The van der Waals surface area contributed by atoms with Crippen molar-refractivity contribution in [2.75, 3.05) is 10.6 Å². The van der Waals surface area contributed by atoms with Gasteiger partial charge in [0.05, 0.1) is 0 Å². The number of carbonyl (C=O) groups excluding carboxylic acids is 2. The topological polar surface area (TPSA) is 76.0 Å². The van der Waals surface area contributed by atoms with Gasteiger partial charge in [-0.3, -0.25) is 14.3 Å². The van der Waals surface area contributed by atoms with Crippen LogP contribution in [0.3, 0.4) is 0 Å². The Hall–Kier alpha value is -3.55. The highest BCUT2D eigenvalue weighted by Gasteiger charge is 2.21. The fourth-order valence-electron chi connectivity index (χ4n) is 2.61. The van der Waals surface area contributed by atoms with Crippen LogP contribution in [0.2, 0.25) is 0 Å². The normalized spacial score (nSPS) is 11.7. The van der Waals surface area contributed by atoms with Crippen LogP contribution in [0.25, 0.3) is 0 Å². The van der Waals surface area contributed by atoms with Gasteiger partial charge in [0, 0.05) is 17.6 Å². The number of hydrogen-bond acceptors (Lipinski definition) is 3. The van der Waals surface area contributed by atoms with Gasteiger partial charge in [-0.25, -0.2) is 8.78 Å². The van der Waals surface area contributed by atoms with Crippen molar-refractivity contribution in [1.82, 2.24) is 9.78 Å². The van der Waals surface area contributed by atoms with Crippen LogP contribution in [0, 0.1) is 11.6 Å². The molecule has 0 radical (unpaired) electrons. The largest absolute Gasteiger partial charge is 0.324 e. The van der Waals surface area contributed by atoms with Crippen LogP contribution in [-0.2, 0) is 4.79 Å². The first-order chi connectivity index (χ1) is 13.5. The van der Waals surface area contributed by atoms with E-state index in [0.29, 0.717) is 17.8 Å². The zero-order chi connectivity index (χ0) is 20.1. The lowest BCUT2D eigenvalue weighted by atomic mass is 10.2. The van der Waals surface area contributed by atoms with E-state index in [-0.39, 0.29) is 11.6 Å². The number of anilines is 2. The van der Waals surface area contributed by atoms with Crippen molar-refractivity contribution in [2.24, 2.45) is 0 Å². The molecule has 0 aliphatic heterocycles. The van der Waals surface area contributed by atoms with Crippen molar-refractivity contribution >= 4 is 23.2 Å². The summed E-state index contributed by atoms with van der Waals surface area (Å²) in [5.41, 5.74) is 1.02. The molecule has 0 fully saturated rings. The van der Waals surface area contributed by atoms with Gasteiger partial charge in [-0.15, -0.1) is 0 Å². The lowest BCUT2D eigenvalue weighted by Gasteiger charge is -2.15. The number of nitrogens with one attached hydrogen (secondary N) is 2. The van der Waals surface area contributed by atoms with Gasteiger partial charge in [0.25, 0.3) is 5.91 Å². The van der Waals surface area contributed by atoms with Crippen molar-refractivity contribution in [3.63, 3.8) is 0 Å². The maximum Gasteiger partial charge on any atom is 0.276 e. The lowest BCUT2D eigenvalue weighted by molar-refractivity contribution is -0.119. The van der Waals surface area contributed by atoms with Crippen LogP contribution in [0.5, 0.6) is 0 Å². The van der Waals surface area contributed by atoms with Gasteiger partial charge in [-0.1, -0.05) is 6.92 Å². The monoisotopic (exact) mass is 384 g/mol. The standard InChI is InChI=1S/C20H18F2N4O2/c1-2-18(20(28)24-16-9-5-14(22)6-10-16)26-12-11-17(25-26)19(27)23-15-7-3-13(21)4-8-15/h3-12,18H,2H2,1H3,(H,23,27)(H,24,28)/t18-/m0/s1. The Kier molecular flexibility index (Phi) is 5.78. The number of hydrogen-bond donors (Lipinski definition) is 2. The Morgan fingerprint density at radius 2 is 1.46 bits per heavy atom. The van der Waals surface area contributed by atoms with E-state index in [0.717, 1.165) is 0 Å². The third kappa shape index (κ3) is 4.59. The third-order valence-electron chi connectivity index (χ3n) is 4.06. The number of aromatic nitrogens is 2. The maximum absolute atomic E-state index is 13.0. The molecule has 0 unspecified atom stereocenters. The summed E-state index contributed by atoms with van der Waals surface area (Å²) in [6, 6.07) is 11.6. The highest BCUT2D eigenvalue weighted by Crippen LogP contribution is 2.17. The number of nitrogens with zero attached hydrogens (tertiary/aromatic N) is 2. The summed E-state index contributed by atoms with van der Waals surface area (Å²) in [6.45, 7) is 1.81. The van der Waals surface area contributed by atoms with E-state index in [1.54, 1.807) is 0 Å². The van der Waals surface area contributed by atoms with Gasteiger partial charge in [-0.05, 0) is 61.0 Å². The molecule has 1 atom stereocenters. The Bertz CT molecular complexity index is 969.